The van der Waals surface area contributed by atoms with E-state index in [1.54, 1.807) is 24.3 Å². The van der Waals surface area contributed by atoms with E-state index in [0.717, 1.165) is 6.07 Å². The molecule has 0 saturated heterocycles. The number of nitrogens with zero attached hydrogens (tertiary/aromatic N) is 3. The highest BCUT2D eigenvalue weighted by Crippen LogP contribution is 2.30. The molecular weight excluding hydrogens is 431 g/mol. The van der Waals surface area contributed by atoms with Crippen LogP contribution in [0.15, 0.2) is 58.6 Å². The van der Waals surface area contributed by atoms with E-state index >= 15 is 0 Å². The van der Waals surface area contributed by atoms with E-state index in [1.165, 1.54) is 16.8 Å². The van der Waals surface area contributed by atoms with Gasteiger partial charge in [0.2, 0.25) is 15.0 Å². The highest BCUT2D eigenvalue weighted by atomic mass is 35.5. The maximum Gasteiger partial charge on any atom is 0.433 e. The first-order valence-corrected chi connectivity index (χ1v) is 10.3. The summed E-state index contributed by atoms with van der Waals surface area (Å²) in [6.07, 6.45) is -2.85. The van der Waals surface area contributed by atoms with Crippen molar-refractivity contribution in [3.05, 3.63) is 75.3 Å². The van der Waals surface area contributed by atoms with E-state index in [2.05, 4.69) is 9.97 Å². The summed E-state index contributed by atoms with van der Waals surface area (Å²) in [5, 5.41) is -0.481. The molecule has 0 aliphatic heterocycles. The van der Waals surface area contributed by atoms with Crippen LogP contribution in [0.1, 0.15) is 11.3 Å². The first-order chi connectivity index (χ1) is 13.4. The minimum atomic E-state index is -4.87. The van der Waals surface area contributed by atoms with Crippen molar-refractivity contribution >= 4 is 21.4 Å². The number of aromatic nitrogens is 3. The molecule has 0 saturated carbocycles. The van der Waals surface area contributed by atoms with Gasteiger partial charge in [-0.3, -0.25) is 4.79 Å². The Bertz CT molecular complexity index is 1240. The zero-order valence-electron chi connectivity index (χ0n) is 14.8. The smallest absolute Gasteiger partial charge is 0.310 e. The number of benzene rings is 1. The van der Waals surface area contributed by atoms with E-state index in [9.17, 15) is 26.4 Å². The molecule has 0 aliphatic carbocycles. The zero-order valence-corrected chi connectivity index (χ0v) is 16.4. The molecule has 0 bridgehead atoms. The van der Waals surface area contributed by atoms with Gasteiger partial charge in [0.1, 0.15) is 5.69 Å². The van der Waals surface area contributed by atoms with Crippen LogP contribution in [0.4, 0.5) is 13.2 Å². The Morgan fingerprint density at radius 1 is 1.10 bits per heavy atom. The number of hydrogen-bond acceptors (Lipinski definition) is 5. The van der Waals surface area contributed by atoms with Gasteiger partial charge in [0.15, 0.2) is 0 Å². The van der Waals surface area contributed by atoms with E-state index in [0.29, 0.717) is 22.9 Å². The van der Waals surface area contributed by atoms with Gasteiger partial charge in [-0.05, 0) is 29.8 Å². The van der Waals surface area contributed by atoms with Crippen LogP contribution < -0.4 is 5.56 Å². The standard InChI is InChI=1S/C18H13ClF3N3O3S/c1-29(27,28)17-23-14(8-15(24-17)18(20,21)22)12-5-6-16(26)25(10-12)9-11-3-2-4-13(19)7-11/h2-8,10H,9H2,1H3. The van der Waals surface area contributed by atoms with Gasteiger partial charge in [-0.25, -0.2) is 18.4 Å². The minimum Gasteiger partial charge on any atom is -0.310 e. The molecule has 1 aromatic carbocycles. The Balaban J connectivity index is 2.12. The molecule has 0 spiro atoms. The first-order valence-electron chi connectivity index (χ1n) is 8.05. The van der Waals surface area contributed by atoms with Crippen molar-refractivity contribution in [2.24, 2.45) is 0 Å². The van der Waals surface area contributed by atoms with Crippen LogP contribution >= 0.6 is 11.6 Å². The van der Waals surface area contributed by atoms with E-state index in [4.69, 9.17) is 11.6 Å². The van der Waals surface area contributed by atoms with Crippen LogP contribution in [-0.2, 0) is 22.6 Å². The van der Waals surface area contributed by atoms with Gasteiger partial charge in [-0.15, -0.1) is 0 Å². The Morgan fingerprint density at radius 3 is 2.45 bits per heavy atom. The van der Waals surface area contributed by atoms with Gasteiger partial charge in [-0.1, -0.05) is 23.7 Å². The molecule has 0 radical (unpaired) electrons. The lowest BCUT2D eigenvalue weighted by atomic mass is 10.1. The second kappa shape index (κ2) is 7.60. The number of halogens is 4. The quantitative estimate of drug-likeness (QED) is 0.577. The third-order valence-corrected chi connectivity index (χ3v) is 4.93. The van der Waals surface area contributed by atoms with E-state index in [-0.39, 0.29) is 17.8 Å². The SMILES string of the molecule is CS(=O)(=O)c1nc(-c2ccc(=O)n(Cc3cccc(Cl)c3)c2)cc(C(F)(F)F)n1. The van der Waals surface area contributed by atoms with Crippen molar-refractivity contribution in [1.29, 1.82) is 0 Å². The lowest BCUT2D eigenvalue weighted by Gasteiger charge is -2.12. The molecule has 0 unspecified atom stereocenters. The molecule has 0 fully saturated rings. The van der Waals surface area contributed by atoms with Crippen molar-refractivity contribution in [2.45, 2.75) is 17.9 Å². The maximum atomic E-state index is 13.2. The Hall–Kier alpha value is -2.72. The number of alkyl halides is 3. The molecule has 3 aromatic rings. The summed E-state index contributed by atoms with van der Waals surface area (Å²) in [7, 11) is -4.09. The Labute approximate surface area is 168 Å². The second-order valence-corrected chi connectivity index (χ2v) is 8.55. The summed E-state index contributed by atoms with van der Waals surface area (Å²) in [6.45, 7) is 0.114. The molecule has 2 heterocycles. The monoisotopic (exact) mass is 443 g/mol. The minimum absolute atomic E-state index is 0.114. The topological polar surface area (TPSA) is 81.9 Å². The van der Waals surface area contributed by atoms with Crippen LogP contribution in [0, 0.1) is 0 Å². The molecule has 6 nitrogen and oxygen atoms in total. The summed E-state index contributed by atoms with van der Waals surface area (Å²) < 4.78 is 64.2. The summed E-state index contributed by atoms with van der Waals surface area (Å²) >= 11 is 5.93. The molecule has 2 aromatic heterocycles. The van der Waals surface area contributed by atoms with Gasteiger partial charge >= 0.3 is 6.18 Å². The third-order valence-electron chi connectivity index (χ3n) is 3.85. The van der Waals surface area contributed by atoms with Crippen molar-refractivity contribution in [1.82, 2.24) is 14.5 Å². The molecule has 0 amide bonds. The van der Waals surface area contributed by atoms with Crippen LogP contribution in [0.3, 0.4) is 0 Å². The zero-order chi connectivity index (χ0) is 21.4. The Kier molecular flexibility index (Phi) is 5.50. The summed E-state index contributed by atoms with van der Waals surface area (Å²) in [6, 6.07) is 9.81. The molecule has 152 valence electrons. The van der Waals surface area contributed by atoms with Crippen molar-refractivity contribution < 1.29 is 21.6 Å². The van der Waals surface area contributed by atoms with E-state index in [1.807, 2.05) is 0 Å². The van der Waals surface area contributed by atoms with Crippen LogP contribution in [0.2, 0.25) is 5.02 Å². The average Bonchev–Trinajstić information content (AvgIpc) is 2.62. The summed E-state index contributed by atoms with van der Waals surface area (Å²) in [5.41, 5.74) is -1.23. The fourth-order valence-corrected chi connectivity index (χ4v) is 3.26. The average molecular weight is 444 g/mol. The molecule has 29 heavy (non-hydrogen) atoms. The largest absolute Gasteiger partial charge is 0.433 e. The first kappa shape index (κ1) is 21.0. The highest BCUT2D eigenvalue weighted by molar-refractivity contribution is 7.90. The third kappa shape index (κ3) is 5.01. The lowest BCUT2D eigenvalue weighted by Crippen LogP contribution is -2.19. The number of pyridine rings is 1. The molecular formula is C18H13ClF3N3O3S. The van der Waals surface area contributed by atoms with Crippen LogP contribution in [-0.4, -0.2) is 29.2 Å². The number of rotatable bonds is 4. The highest BCUT2D eigenvalue weighted by Gasteiger charge is 2.35. The predicted octanol–water partition coefficient (Wildman–Crippen LogP) is 3.43. The van der Waals surface area contributed by atoms with Crippen molar-refractivity contribution in [3.63, 3.8) is 0 Å². The van der Waals surface area contributed by atoms with Gasteiger partial charge in [0.05, 0.1) is 12.2 Å². The van der Waals surface area contributed by atoms with E-state index < -0.39 is 32.4 Å². The van der Waals surface area contributed by atoms with Gasteiger partial charge < -0.3 is 4.57 Å². The van der Waals surface area contributed by atoms with Crippen LogP contribution in [0.5, 0.6) is 0 Å². The van der Waals surface area contributed by atoms with Crippen molar-refractivity contribution in [3.8, 4) is 11.3 Å². The summed E-state index contributed by atoms with van der Waals surface area (Å²) in [4.78, 5) is 19.0. The molecule has 0 aliphatic rings. The maximum absolute atomic E-state index is 13.2. The van der Waals surface area contributed by atoms with Gasteiger partial charge in [0, 0.05) is 29.1 Å². The van der Waals surface area contributed by atoms with Gasteiger partial charge in [0.25, 0.3) is 5.56 Å². The molecule has 0 atom stereocenters. The normalized spacial score (nSPS) is 12.2. The molecule has 0 N–H and O–H groups in total. The Morgan fingerprint density at radius 2 is 1.83 bits per heavy atom. The second-order valence-electron chi connectivity index (χ2n) is 6.20. The fourth-order valence-electron chi connectivity index (χ4n) is 2.52. The number of hydrogen-bond donors (Lipinski definition) is 0. The predicted molar refractivity (Wildman–Crippen MR) is 100 cm³/mol. The van der Waals surface area contributed by atoms with Crippen molar-refractivity contribution in [2.75, 3.05) is 6.26 Å². The lowest BCUT2D eigenvalue weighted by molar-refractivity contribution is -0.141. The number of sulfone groups is 1. The van der Waals surface area contributed by atoms with Gasteiger partial charge in [-0.2, -0.15) is 13.2 Å². The summed E-state index contributed by atoms with van der Waals surface area (Å²) in [5.74, 6) is 0. The van der Waals surface area contributed by atoms with Crippen LogP contribution in [0.25, 0.3) is 11.3 Å². The molecule has 3 rings (SSSR count). The fraction of sp³-hybridized carbons (Fsp3) is 0.167. The molecule has 11 heteroatoms.